The Morgan fingerprint density at radius 2 is 2.31 bits per heavy atom. The summed E-state index contributed by atoms with van der Waals surface area (Å²) in [4.78, 5) is 4.33. The zero-order valence-corrected chi connectivity index (χ0v) is 9.06. The van der Waals surface area contributed by atoms with Crippen LogP contribution in [0.2, 0.25) is 0 Å². The normalized spacial score (nSPS) is 17.8. The third-order valence-corrected chi connectivity index (χ3v) is 3.29. The van der Waals surface area contributed by atoms with Crippen LogP contribution in [0.4, 0.5) is 0 Å². The van der Waals surface area contributed by atoms with Gasteiger partial charge in [0.05, 0.1) is 18.5 Å². The van der Waals surface area contributed by atoms with E-state index in [1.807, 2.05) is 30.6 Å². The lowest BCUT2D eigenvalue weighted by atomic mass is 10.3. The smallest absolute Gasteiger partial charge is 0.136 e. The molecule has 1 aliphatic rings. The molecule has 2 N–H and O–H groups in total. The Balaban J connectivity index is 1.79. The molecular weight excluding hydrogens is 202 g/mol. The van der Waals surface area contributed by atoms with Crippen LogP contribution in [0.1, 0.15) is 18.5 Å². The molecule has 1 aliphatic carbocycles. The summed E-state index contributed by atoms with van der Waals surface area (Å²) >= 11 is 0. The Morgan fingerprint density at radius 3 is 3.06 bits per heavy atom. The van der Waals surface area contributed by atoms with E-state index in [4.69, 9.17) is 0 Å². The summed E-state index contributed by atoms with van der Waals surface area (Å²) in [5, 5.41) is 12.6. The highest BCUT2D eigenvalue weighted by Gasteiger charge is 2.41. The Bertz CT molecular complexity index is 502. The second kappa shape index (κ2) is 3.57. The quantitative estimate of drug-likeness (QED) is 0.801. The molecular formula is C12H15N3O. The fraction of sp³-hybridized carbons (Fsp3) is 0.417. The highest BCUT2D eigenvalue weighted by atomic mass is 16.3. The molecule has 0 aliphatic heterocycles. The van der Waals surface area contributed by atoms with E-state index in [0.717, 1.165) is 30.7 Å². The summed E-state index contributed by atoms with van der Waals surface area (Å²) in [7, 11) is 0. The molecule has 4 heteroatoms. The van der Waals surface area contributed by atoms with Crippen molar-refractivity contribution in [2.24, 2.45) is 0 Å². The zero-order chi connectivity index (χ0) is 11.0. The third-order valence-electron chi connectivity index (χ3n) is 3.29. The molecule has 3 rings (SSSR count). The molecule has 16 heavy (non-hydrogen) atoms. The van der Waals surface area contributed by atoms with Gasteiger partial charge in [0.1, 0.15) is 5.65 Å². The topological polar surface area (TPSA) is 49.6 Å². The van der Waals surface area contributed by atoms with Gasteiger partial charge < -0.3 is 14.8 Å². The van der Waals surface area contributed by atoms with Crippen molar-refractivity contribution in [2.45, 2.75) is 24.9 Å². The number of fused-ring (bicyclic) bond motifs is 1. The van der Waals surface area contributed by atoms with E-state index in [1.165, 1.54) is 0 Å². The van der Waals surface area contributed by atoms with Gasteiger partial charge in [-0.15, -0.1) is 0 Å². The Morgan fingerprint density at radius 1 is 1.44 bits per heavy atom. The number of nitrogens with zero attached hydrogens (tertiary/aromatic N) is 2. The molecule has 0 unspecified atom stereocenters. The van der Waals surface area contributed by atoms with E-state index < -0.39 is 0 Å². The molecule has 4 nitrogen and oxygen atoms in total. The Hall–Kier alpha value is -1.39. The lowest BCUT2D eigenvalue weighted by Gasteiger charge is -2.13. The van der Waals surface area contributed by atoms with Gasteiger partial charge in [0.15, 0.2) is 0 Å². The van der Waals surface area contributed by atoms with Crippen LogP contribution in [0.5, 0.6) is 0 Å². The van der Waals surface area contributed by atoms with Crippen LogP contribution in [0.25, 0.3) is 5.65 Å². The van der Waals surface area contributed by atoms with Crippen molar-refractivity contribution in [3.05, 3.63) is 36.3 Å². The van der Waals surface area contributed by atoms with Crippen molar-refractivity contribution in [1.82, 2.24) is 14.7 Å². The fourth-order valence-corrected chi connectivity index (χ4v) is 1.94. The molecule has 84 valence electrons. The van der Waals surface area contributed by atoms with Crippen molar-refractivity contribution < 1.29 is 5.11 Å². The van der Waals surface area contributed by atoms with E-state index in [-0.39, 0.29) is 12.1 Å². The Labute approximate surface area is 93.9 Å². The van der Waals surface area contributed by atoms with Gasteiger partial charge in [0.25, 0.3) is 0 Å². The molecule has 1 fully saturated rings. The number of pyridine rings is 1. The number of aromatic nitrogens is 2. The Kier molecular flexibility index (Phi) is 2.19. The third kappa shape index (κ3) is 1.60. The van der Waals surface area contributed by atoms with E-state index in [1.54, 1.807) is 0 Å². The summed E-state index contributed by atoms with van der Waals surface area (Å²) in [6.07, 6.45) is 6.04. The minimum atomic E-state index is -0.0149. The highest BCUT2D eigenvalue weighted by Crippen LogP contribution is 2.34. The first-order chi connectivity index (χ1) is 7.83. The highest BCUT2D eigenvalue weighted by molar-refractivity contribution is 5.39. The first-order valence-corrected chi connectivity index (χ1v) is 5.60. The van der Waals surface area contributed by atoms with Crippen molar-refractivity contribution in [3.63, 3.8) is 0 Å². The van der Waals surface area contributed by atoms with E-state index in [0.29, 0.717) is 0 Å². The van der Waals surface area contributed by atoms with Crippen LogP contribution >= 0.6 is 0 Å². The molecule has 0 bridgehead atoms. The predicted octanol–water partition coefficient (Wildman–Crippen LogP) is 0.949. The average molecular weight is 217 g/mol. The van der Waals surface area contributed by atoms with Gasteiger partial charge >= 0.3 is 0 Å². The number of aliphatic hydroxyl groups is 1. The summed E-state index contributed by atoms with van der Waals surface area (Å²) in [6.45, 7) is 0.982. The maximum absolute atomic E-state index is 9.21. The second-order valence-electron chi connectivity index (χ2n) is 4.47. The average Bonchev–Trinajstić information content (AvgIpc) is 3.01. The number of hydrogen-bond donors (Lipinski definition) is 2. The van der Waals surface area contributed by atoms with Crippen molar-refractivity contribution in [2.75, 3.05) is 6.61 Å². The van der Waals surface area contributed by atoms with Gasteiger partial charge in [-0.05, 0) is 25.0 Å². The van der Waals surface area contributed by atoms with Crippen LogP contribution in [-0.4, -0.2) is 26.6 Å². The van der Waals surface area contributed by atoms with Crippen LogP contribution < -0.4 is 5.32 Å². The van der Waals surface area contributed by atoms with Gasteiger partial charge in [0.2, 0.25) is 0 Å². The molecule has 0 radical (unpaired) electrons. The van der Waals surface area contributed by atoms with Crippen molar-refractivity contribution in [1.29, 1.82) is 0 Å². The summed E-state index contributed by atoms with van der Waals surface area (Å²) < 4.78 is 2.07. The van der Waals surface area contributed by atoms with Crippen molar-refractivity contribution in [3.8, 4) is 0 Å². The predicted molar refractivity (Wildman–Crippen MR) is 61.1 cm³/mol. The van der Waals surface area contributed by atoms with Crippen LogP contribution in [-0.2, 0) is 6.54 Å². The first kappa shape index (κ1) is 9.81. The van der Waals surface area contributed by atoms with Crippen LogP contribution in [0, 0.1) is 0 Å². The van der Waals surface area contributed by atoms with Gasteiger partial charge in [-0.2, -0.15) is 0 Å². The van der Waals surface area contributed by atoms with E-state index >= 15 is 0 Å². The summed E-state index contributed by atoms with van der Waals surface area (Å²) in [5.74, 6) is 0. The van der Waals surface area contributed by atoms with Gasteiger partial charge in [-0.1, -0.05) is 6.07 Å². The minimum absolute atomic E-state index is 0.0149. The number of rotatable bonds is 4. The number of imidazole rings is 1. The van der Waals surface area contributed by atoms with Crippen LogP contribution in [0.15, 0.2) is 30.6 Å². The van der Waals surface area contributed by atoms with E-state index in [9.17, 15) is 5.11 Å². The van der Waals surface area contributed by atoms with E-state index in [2.05, 4.69) is 14.7 Å². The second-order valence-corrected chi connectivity index (χ2v) is 4.47. The summed E-state index contributed by atoms with van der Waals surface area (Å²) in [6, 6.07) is 5.97. The monoisotopic (exact) mass is 217 g/mol. The molecule has 2 aromatic heterocycles. The summed E-state index contributed by atoms with van der Waals surface area (Å²) in [5.41, 5.74) is 2.09. The molecule has 0 atom stereocenters. The van der Waals surface area contributed by atoms with Gasteiger partial charge in [0, 0.05) is 18.3 Å². The van der Waals surface area contributed by atoms with Crippen LogP contribution in [0.3, 0.4) is 0 Å². The number of nitrogens with one attached hydrogen (secondary N) is 1. The molecule has 0 saturated heterocycles. The largest absolute Gasteiger partial charge is 0.394 e. The SMILES string of the molecule is OCC1(NCc2cnc3ccccn23)CC1. The maximum atomic E-state index is 9.21. The molecule has 0 amide bonds. The lowest BCUT2D eigenvalue weighted by molar-refractivity contribution is 0.229. The number of aliphatic hydroxyl groups excluding tert-OH is 1. The molecule has 1 saturated carbocycles. The minimum Gasteiger partial charge on any atom is -0.394 e. The molecule has 2 heterocycles. The van der Waals surface area contributed by atoms with Gasteiger partial charge in [-0.3, -0.25) is 0 Å². The number of hydrogen-bond acceptors (Lipinski definition) is 3. The standard InChI is InChI=1S/C12H15N3O/c16-9-12(4-5-12)14-8-10-7-13-11-3-1-2-6-15(10)11/h1-3,6-7,14,16H,4-5,8-9H2. The maximum Gasteiger partial charge on any atom is 0.136 e. The van der Waals surface area contributed by atoms with Gasteiger partial charge in [-0.25, -0.2) is 4.98 Å². The lowest BCUT2D eigenvalue weighted by Crippen LogP contribution is -2.34. The fourth-order valence-electron chi connectivity index (χ4n) is 1.94. The molecule has 0 spiro atoms. The van der Waals surface area contributed by atoms with Crippen molar-refractivity contribution >= 4 is 5.65 Å². The molecule has 0 aromatic carbocycles. The first-order valence-electron chi connectivity index (χ1n) is 5.60. The zero-order valence-electron chi connectivity index (χ0n) is 9.06. The molecule has 2 aromatic rings.